The Morgan fingerprint density at radius 3 is 2.28 bits per heavy atom. The van der Waals surface area contributed by atoms with Gasteiger partial charge in [0.2, 0.25) is 0 Å². The van der Waals surface area contributed by atoms with Crippen molar-refractivity contribution >= 4 is 25.0 Å². The lowest BCUT2D eigenvalue weighted by atomic mass is 10.1. The minimum Gasteiger partial charge on any atom is -0.409 e. The molecule has 0 aliphatic heterocycles. The topological polar surface area (TPSA) is 47.6 Å². The lowest BCUT2D eigenvalue weighted by Gasteiger charge is -2.21. The molecule has 0 saturated heterocycles. The van der Waals surface area contributed by atoms with Crippen LogP contribution in [0.5, 0.6) is 5.75 Å². The van der Waals surface area contributed by atoms with Crippen molar-refractivity contribution in [3.63, 3.8) is 0 Å². The third-order valence-electron chi connectivity index (χ3n) is 3.21. The molecule has 9 heteroatoms. The maximum absolute atomic E-state index is 12.8. The Morgan fingerprint density at radius 1 is 1.08 bits per heavy atom. The van der Waals surface area contributed by atoms with Crippen molar-refractivity contribution in [1.82, 2.24) is 0 Å². The van der Waals surface area contributed by atoms with Crippen LogP contribution in [0, 0.1) is 13.8 Å². The van der Waals surface area contributed by atoms with Crippen LogP contribution in [0.2, 0.25) is 5.02 Å². The van der Waals surface area contributed by atoms with Gasteiger partial charge in [-0.2, -0.15) is 13.2 Å². The van der Waals surface area contributed by atoms with E-state index in [1.54, 1.807) is 18.2 Å². The summed E-state index contributed by atoms with van der Waals surface area (Å²) < 4.78 is 60.0. The van der Waals surface area contributed by atoms with Crippen molar-refractivity contribution < 1.29 is 26.8 Å². The summed E-state index contributed by atoms with van der Waals surface area (Å²) in [5.41, 5.74) is 2.18. The number of halogens is 4. The molecule has 0 aliphatic rings. The summed E-state index contributed by atoms with van der Waals surface area (Å²) in [6.07, 6.45) is -4.65. The van der Waals surface area contributed by atoms with Gasteiger partial charge < -0.3 is 4.52 Å². The molecule has 25 heavy (non-hydrogen) atoms. The fraction of sp³-hybridized carbons (Fsp3) is 0.250. The van der Waals surface area contributed by atoms with Crippen molar-refractivity contribution in [2.24, 2.45) is 0 Å². The monoisotopic (exact) mass is 393 g/mol. The Kier molecular flexibility index (Phi) is 6.03. The van der Waals surface area contributed by atoms with Crippen LogP contribution in [0.4, 0.5) is 18.9 Å². The van der Waals surface area contributed by atoms with E-state index >= 15 is 0 Å². The molecule has 2 aromatic rings. The molecule has 0 fully saturated rings. The second-order valence-corrected chi connectivity index (χ2v) is 7.44. The summed E-state index contributed by atoms with van der Waals surface area (Å²) >= 11 is 5.75. The summed E-state index contributed by atoms with van der Waals surface area (Å²) in [5.74, 6) is 0.0613. The van der Waals surface area contributed by atoms with E-state index < -0.39 is 20.5 Å². The van der Waals surface area contributed by atoms with Crippen LogP contribution in [0.1, 0.15) is 11.1 Å². The molecule has 2 rings (SSSR count). The van der Waals surface area contributed by atoms with Gasteiger partial charge in [-0.05, 0) is 61.4 Å². The minimum absolute atomic E-state index is 0.0613. The first-order valence-electron chi connectivity index (χ1n) is 7.18. The number of rotatable bonds is 6. The molecule has 0 bridgehead atoms. The van der Waals surface area contributed by atoms with Crippen LogP contribution >= 0.6 is 19.3 Å². The van der Waals surface area contributed by atoms with E-state index in [2.05, 4.69) is 9.61 Å². The molecular formula is C16H16ClF3NO3P. The van der Waals surface area contributed by atoms with Crippen molar-refractivity contribution in [3.05, 3.63) is 58.6 Å². The normalized spacial score (nSPS) is 14.0. The van der Waals surface area contributed by atoms with Gasteiger partial charge in [-0.15, -0.1) is 0 Å². The van der Waals surface area contributed by atoms with Crippen LogP contribution in [-0.2, 0) is 9.09 Å². The molecule has 0 heterocycles. The first kappa shape index (κ1) is 19.6. The molecule has 0 aliphatic carbocycles. The summed E-state index contributed by atoms with van der Waals surface area (Å²) in [6, 6.07) is 10.7. The third-order valence-corrected chi connectivity index (χ3v) is 4.91. The van der Waals surface area contributed by atoms with E-state index in [0.29, 0.717) is 10.7 Å². The highest BCUT2D eigenvalue weighted by atomic mass is 35.5. The molecule has 2 aromatic carbocycles. The number of alkyl halides is 3. The van der Waals surface area contributed by atoms with E-state index in [9.17, 15) is 17.7 Å². The van der Waals surface area contributed by atoms with Crippen LogP contribution < -0.4 is 9.61 Å². The number of benzene rings is 2. The van der Waals surface area contributed by atoms with Crippen LogP contribution in [-0.4, -0.2) is 12.8 Å². The molecule has 0 aromatic heterocycles. The SMILES string of the molecule is Cc1ccc(NP(=O)(OCC(F)(F)F)Oc2ccc(Cl)cc2)cc1C. The summed E-state index contributed by atoms with van der Waals surface area (Å²) in [7, 11) is -4.32. The van der Waals surface area contributed by atoms with Crippen LogP contribution in [0.25, 0.3) is 0 Å². The Balaban J connectivity index is 2.25. The largest absolute Gasteiger partial charge is 0.486 e. The minimum atomic E-state index is -4.65. The zero-order valence-corrected chi connectivity index (χ0v) is 15.1. The molecule has 4 nitrogen and oxygen atoms in total. The fourth-order valence-corrected chi connectivity index (χ4v) is 3.30. The standard InChI is InChI=1S/C16H16ClF3NO3P/c1-11-3-6-14(9-12(11)2)21-25(22,23-10-16(18,19)20)24-15-7-4-13(17)5-8-15/h3-9H,10H2,1-2H3,(H,21,22). The maximum Gasteiger partial charge on any atom is 0.486 e. The quantitative estimate of drug-likeness (QED) is 0.599. The second-order valence-electron chi connectivity index (χ2n) is 5.34. The first-order valence-corrected chi connectivity index (χ1v) is 9.10. The van der Waals surface area contributed by atoms with Crippen molar-refractivity contribution in [2.75, 3.05) is 11.7 Å². The van der Waals surface area contributed by atoms with Gasteiger partial charge in [-0.25, -0.2) is 4.57 Å². The molecule has 1 unspecified atom stereocenters. The zero-order valence-electron chi connectivity index (χ0n) is 13.4. The first-order chi connectivity index (χ1) is 11.6. The van der Waals surface area contributed by atoms with Crippen molar-refractivity contribution in [1.29, 1.82) is 0 Å². The maximum atomic E-state index is 12.8. The van der Waals surface area contributed by atoms with Gasteiger partial charge in [0.25, 0.3) is 0 Å². The van der Waals surface area contributed by atoms with E-state index in [-0.39, 0.29) is 5.75 Å². The highest BCUT2D eigenvalue weighted by Gasteiger charge is 2.36. The summed E-state index contributed by atoms with van der Waals surface area (Å²) in [6.45, 7) is 1.99. The van der Waals surface area contributed by atoms with Crippen LogP contribution in [0.15, 0.2) is 42.5 Å². The molecule has 1 atom stereocenters. The number of anilines is 1. The Labute approximate surface area is 148 Å². The molecule has 0 radical (unpaired) electrons. The Morgan fingerprint density at radius 2 is 1.72 bits per heavy atom. The van der Waals surface area contributed by atoms with Gasteiger partial charge in [0.15, 0.2) is 6.61 Å². The predicted molar refractivity (Wildman–Crippen MR) is 91.2 cm³/mol. The molecule has 136 valence electrons. The van der Waals surface area contributed by atoms with Gasteiger partial charge in [0, 0.05) is 10.7 Å². The number of nitrogens with one attached hydrogen (secondary N) is 1. The zero-order chi connectivity index (χ0) is 18.7. The molecular weight excluding hydrogens is 378 g/mol. The fourth-order valence-electron chi connectivity index (χ4n) is 1.84. The van der Waals surface area contributed by atoms with E-state index in [4.69, 9.17) is 16.1 Å². The predicted octanol–water partition coefficient (Wildman–Crippen LogP) is 6.13. The van der Waals surface area contributed by atoms with Gasteiger partial charge >= 0.3 is 13.9 Å². The molecule has 0 spiro atoms. The lowest BCUT2D eigenvalue weighted by molar-refractivity contribution is -0.154. The Bertz CT molecular complexity index is 781. The van der Waals surface area contributed by atoms with E-state index in [1.165, 1.54) is 24.3 Å². The van der Waals surface area contributed by atoms with E-state index in [0.717, 1.165) is 11.1 Å². The van der Waals surface area contributed by atoms with Crippen LogP contribution in [0.3, 0.4) is 0 Å². The van der Waals surface area contributed by atoms with Gasteiger partial charge in [0.1, 0.15) is 5.75 Å². The Hall–Kier alpha value is -1.69. The number of hydrogen-bond acceptors (Lipinski definition) is 3. The summed E-state index contributed by atoms with van der Waals surface area (Å²) in [4.78, 5) is 0. The molecule has 0 saturated carbocycles. The van der Waals surface area contributed by atoms with Gasteiger partial charge in [0.05, 0.1) is 0 Å². The van der Waals surface area contributed by atoms with E-state index in [1.807, 2.05) is 13.8 Å². The number of aryl methyl sites for hydroxylation is 2. The van der Waals surface area contributed by atoms with Crippen molar-refractivity contribution in [3.8, 4) is 5.75 Å². The highest BCUT2D eigenvalue weighted by Crippen LogP contribution is 2.49. The van der Waals surface area contributed by atoms with Gasteiger partial charge in [-0.1, -0.05) is 17.7 Å². The van der Waals surface area contributed by atoms with Crippen molar-refractivity contribution in [2.45, 2.75) is 20.0 Å². The third kappa shape index (κ3) is 6.27. The molecule has 0 amide bonds. The molecule has 1 N–H and O–H groups in total. The smallest absolute Gasteiger partial charge is 0.409 e. The lowest BCUT2D eigenvalue weighted by Crippen LogP contribution is -2.19. The average molecular weight is 394 g/mol. The summed E-state index contributed by atoms with van der Waals surface area (Å²) in [5, 5.41) is 2.84. The highest BCUT2D eigenvalue weighted by molar-refractivity contribution is 7.55. The van der Waals surface area contributed by atoms with Gasteiger partial charge in [-0.3, -0.25) is 9.61 Å². The second kappa shape index (κ2) is 7.68. The average Bonchev–Trinajstić information content (AvgIpc) is 2.51. The number of hydrogen-bond donors (Lipinski definition) is 1.